The number of nitrogens with zero attached hydrogens (tertiary/aromatic N) is 2. The van der Waals surface area contributed by atoms with Crippen LogP contribution in [0.1, 0.15) is 17.3 Å². The Balaban J connectivity index is 2.07. The van der Waals surface area contributed by atoms with Gasteiger partial charge in [-0.05, 0) is 24.6 Å². The highest BCUT2D eigenvalue weighted by Gasteiger charge is 2.04. The number of aromatic nitrogens is 2. The molecule has 0 fully saturated rings. The second kappa shape index (κ2) is 4.65. The van der Waals surface area contributed by atoms with Crippen molar-refractivity contribution in [2.45, 2.75) is 20.4 Å². The fraction of sp³-hybridized carbons (Fsp3) is 0.273. The predicted octanol–water partition coefficient (Wildman–Crippen LogP) is 3.06. The first kappa shape index (κ1) is 11.1. The Bertz CT molecular complexity index is 496. The Morgan fingerprint density at radius 2 is 2.12 bits per heavy atom. The summed E-state index contributed by atoms with van der Waals surface area (Å²) in [7, 11) is 0. The SMILES string of the molecule is Cc1nnc(CNc2cccc(Br)c2C)o1. The van der Waals surface area contributed by atoms with Crippen LogP contribution < -0.4 is 5.32 Å². The molecule has 0 unspecified atom stereocenters. The third kappa shape index (κ3) is 2.41. The molecule has 16 heavy (non-hydrogen) atoms. The molecule has 0 aliphatic carbocycles. The van der Waals surface area contributed by atoms with Crippen molar-refractivity contribution < 1.29 is 4.42 Å². The van der Waals surface area contributed by atoms with E-state index in [4.69, 9.17) is 4.42 Å². The van der Waals surface area contributed by atoms with Crippen LogP contribution in [0.2, 0.25) is 0 Å². The number of hydrogen-bond acceptors (Lipinski definition) is 4. The van der Waals surface area contributed by atoms with Crippen LogP contribution in [0.4, 0.5) is 5.69 Å². The van der Waals surface area contributed by atoms with Crippen molar-refractivity contribution >= 4 is 21.6 Å². The van der Waals surface area contributed by atoms with E-state index in [0.29, 0.717) is 18.3 Å². The van der Waals surface area contributed by atoms with Gasteiger partial charge in [-0.15, -0.1) is 10.2 Å². The molecule has 4 nitrogen and oxygen atoms in total. The van der Waals surface area contributed by atoms with Crippen molar-refractivity contribution in [2.75, 3.05) is 5.32 Å². The summed E-state index contributed by atoms with van der Waals surface area (Å²) >= 11 is 3.48. The fourth-order valence-electron chi connectivity index (χ4n) is 1.38. The third-order valence-corrected chi connectivity index (χ3v) is 3.12. The third-order valence-electron chi connectivity index (χ3n) is 2.27. The lowest BCUT2D eigenvalue weighted by molar-refractivity contribution is 0.475. The Kier molecular flexibility index (Phi) is 3.24. The van der Waals surface area contributed by atoms with Crippen LogP contribution in [0.3, 0.4) is 0 Å². The molecule has 0 saturated heterocycles. The van der Waals surface area contributed by atoms with Gasteiger partial charge in [-0.3, -0.25) is 0 Å². The second-order valence-electron chi connectivity index (χ2n) is 3.48. The monoisotopic (exact) mass is 281 g/mol. The van der Waals surface area contributed by atoms with E-state index >= 15 is 0 Å². The van der Waals surface area contributed by atoms with E-state index in [-0.39, 0.29) is 0 Å². The van der Waals surface area contributed by atoms with Gasteiger partial charge in [0.05, 0.1) is 6.54 Å². The van der Waals surface area contributed by atoms with Crippen molar-refractivity contribution in [3.63, 3.8) is 0 Å². The van der Waals surface area contributed by atoms with Gasteiger partial charge in [0.15, 0.2) is 0 Å². The molecule has 0 aliphatic rings. The number of benzene rings is 1. The number of rotatable bonds is 3. The van der Waals surface area contributed by atoms with E-state index in [9.17, 15) is 0 Å². The zero-order valence-corrected chi connectivity index (χ0v) is 10.7. The van der Waals surface area contributed by atoms with Gasteiger partial charge < -0.3 is 9.73 Å². The minimum absolute atomic E-state index is 0.540. The summed E-state index contributed by atoms with van der Waals surface area (Å²) in [4.78, 5) is 0. The summed E-state index contributed by atoms with van der Waals surface area (Å²) in [6, 6.07) is 6.01. The lowest BCUT2D eigenvalue weighted by Crippen LogP contribution is -2.01. The number of halogens is 1. The van der Waals surface area contributed by atoms with Gasteiger partial charge in [-0.25, -0.2) is 0 Å². The molecule has 0 atom stereocenters. The van der Waals surface area contributed by atoms with Crippen molar-refractivity contribution in [2.24, 2.45) is 0 Å². The summed E-state index contributed by atoms with van der Waals surface area (Å²) in [5, 5.41) is 11.0. The van der Waals surface area contributed by atoms with Crippen LogP contribution in [0.25, 0.3) is 0 Å². The second-order valence-corrected chi connectivity index (χ2v) is 4.34. The molecule has 1 aromatic heterocycles. The average Bonchev–Trinajstić information content (AvgIpc) is 2.67. The molecule has 0 saturated carbocycles. The predicted molar refractivity (Wildman–Crippen MR) is 65.2 cm³/mol. The molecule has 2 aromatic rings. The highest BCUT2D eigenvalue weighted by Crippen LogP contribution is 2.23. The van der Waals surface area contributed by atoms with Gasteiger partial charge in [-0.2, -0.15) is 0 Å². The van der Waals surface area contributed by atoms with Gasteiger partial charge >= 0.3 is 0 Å². The molecule has 0 aliphatic heterocycles. The standard InChI is InChI=1S/C11H12BrN3O/c1-7-9(12)4-3-5-10(7)13-6-11-15-14-8(2)16-11/h3-5,13H,6H2,1-2H3. The smallest absolute Gasteiger partial charge is 0.235 e. The topological polar surface area (TPSA) is 51.0 Å². The average molecular weight is 282 g/mol. The fourth-order valence-corrected chi connectivity index (χ4v) is 1.74. The van der Waals surface area contributed by atoms with E-state index in [2.05, 4.69) is 31.4 Å². The highest BCUT2D eigenvalue weighted by molar-refractivity contribution is 9.10. The molecule has 1 N–H and O–H groups in total. The van der Waals surface area contributed by atoms with E-state index < -0.39 is 0 Å². The maximum absolute atomic E-state index is 5.28. The summed E-state index contributed by atoms with van der Waals surface area (Å²) in [5.41, 5.74) is 2.23. The maximum Gasteiger partial charge on any atom is 0.235 e. The molecule has 0 amide bonds. The van der Waals surface area contributed by atoms with Crippen LogP contribution in [-0.2, 0) is 6.54 Å². The molecule has 1 heterocycles. The first-order valence-electron chi connectivity index (χ1n) is 4.95. The van der Waals surface area contributed by atoms with Gasteiger partial charge in [-0.1, -0.05) is 22.0 Å². The lowest BCUT2D eigenvalue weighted by Gasteiger charge is -2.08. The number of aryl methyl sites for hydroxylation is 1. The van der Waals surface area contributed by atoms with Gasteiger partial charge in [0.1, 0.15) is 0 Å². The maximum atomic E-state index is 5.28. The Labute approximate surface area is 102 Å². The van der Waals surface area contributed by atoms with Crippen LogP contribution in [-0.4, -0.2) is 10.2 Å². The molecule has 5 heteroatoms. The summed E-state index contributed by atoms with van der Waals surface area (Å²) in [6.45, 7) is 4.37. The number of anilines is 1. The van der Waals surface area contributed by atoms with Crippen LogP contribution in [0, 0.1) is 13.8 Å². The van der Waals surface area contributed by atoms with Gasteiger partial charge in [0.25, 0.3) is 0 Å². The van der Waals surface area contributed by atoms with E-state index in [1.54, 1.807) is 6.92 Å². The van der Waals surface area contributed by atoms with Gasteiger partial charge in [0, 0.05) is 17.1 Å². The van der Waals surface area contributed by atoms with E-state index in [0.717, 1.165) is 10.2 Å². The lowest BCUT2D eigenvalue weighted by atomic mass is 10.2. The number of hydrogen-bond donors (Lipinski definition) is 1. The van der Waals surface area contributed by atoms with Crippen LogP contribution >= 0.6 is 15.9 Å². The largest absolute Gasteiger partial charge is 0.424 e. The van der Waals surface area contributed by atoms with Crippen molar-refractivity contribution in [1.29, 1.82) is 0 Å². The minimum Gasteiger partial charge on any atom is -0.424 e. The van der Waals surface area contributed by atoms with E-state index in [1.807, 2.05) is 25.1 Å². The molecular weight excluding hydrogens is 270 g/mol. The molecule has 84 valence electrons. The highest BCUT2D eigenvalue weighted by atomic mass is 79.9. The summed E-state index contributed by atoms with van der Waals surface area (Å²) < 4.78 is 6.36. The minimum atomic E-state index is 0.540. The van der Waals surface area contributed by atoms with E-state index in [1.165, 1.54) is 5.56 Å². The van der Waals surface area contributed by atoms with Crippen molar-refractivity contribution in [3.05, 3.63) is 40.0 Å². The molecular formula is C11H12BrN3O. The summed E-state index contributed by atoms with van der Waals surface area (Å²) in [6.07, 6.45) is 0. The normalized spacial score (nSPS) is 10.4. The molecule has 0 bridgehead atoms. The molecule has 1 aromatic carbocycles. The van der Waals surface area contributed by atoms with Crippen molar-refractivity contribution in [3.8, 4) is 0 Å². The zero-order valence-electron chi connectivity index (χ0n) is 9.12. The summed E-state index contributed by atoms with van der Waals surface area (Å²) in [5.74, 6) is 1.18. The first-order chi connectivity index (χ1) is 7.66. The zero-order chi connectivity index (χ0) is 11.5. The number of nitrogens with one attached hydrogen (secondary N) is 1. The Hall–Kier alpha value is -1.36. The Morgan fingerprint density at radius 1 is 1.31 bits per heavy atom. The quantitative estimate of drug-likeness (QED) is 0.940. The van der Waals surface area contributed by atoms with Crippen molar-refractivity contribution in [1.82, 2.24) is 10.2 Å². The molecule has 2 rings (SSSR count). The molecule has 0 radical (unpaired) electrons. The Morgan fingerprint density at radius 3 is 2.81 bits per heavy atom. The van der Waals surface area contributed by atoms with Gasteiger partial charge in [0.2, 0.25) is 11.8 Å². The first-order valence-corrected chi connectivity index (χ1v) is 5.74. The van der Waals surface area contributed by atoms with Crippen LogP contribution in [0.15, 0.2) is 27.1 Å². The van der Waals surface area contributed by atoms with Crippen LogP contribution in [0.5, 0.6) is 0 Å². The molecule has 0 spiro atoms.